The molecule has 0 fully saturated rings. The Bertz CT molecular complexity index is 836. The Balaban J connectivity index is 1.49. The van der Waals surface area contributed by atoms with Crippen LogP contribution in [0.3, 0.4) is 0 Å². The molecule has 3 aromatic rings. The summed E-state index contributed by atoms with van der Waals surface area (Å²) >= 11 is 0. The van der Waals surface area contributed by atoms with Crippen LogP contribution in [0.15, 0.2) is 54.9 Å². The molecule has 0 aliphatic rings. The topological polar surface area (TPSA) is 46.4 Å². The van der Waals surface area contributed by atoms with Crippen molar-refractivity contribution in [1.82, 2.24) is 14.7 Å². The van der Waals surface area contributed by atoms with Crippen molar-refractivity contribution in [1.29, 1.82) is 0 Å². The molecule has 0 bridgehead atoms. The zero-order valence-corrected chi connectivity index (χ0v) is 13.3. The third-order valence-corrected chi connectivity index (χ3v) is 3.76. The predicted octanol–water partition coefficient (Wildman–Crippen LogP) is 3.25. The monoisotopic (exact) mass is 347 g/mol. The van der Waals surface area contributed by atoms with E-state index in [4.69, 9.17) is 0 Å². The Labute approximate surface area is 142 Å². The van der Waals surface area contributed by atoms with Crippen LogP contribution in [0.1, 0.15) is 16.8 Å². The summed E-state index contributed by atoms with van der Waals surface area (Å²) in [5.41, 5.74) is 1.52. The summed E-state index contributed by atoms with van der Waals surface area (Å²) in [6, 6.07) is 10.3. The number of imidazole rings is 1. The molecule has 3 rings (SSSR count). The zero-order chi connectivity index (χ0) is 17.9. The molecule has 0 spiro atoms. The van der Waals surface area contributed by atoms with Crippen molar-refractivity contribution >= 4 is 11.6 Å². The molecule has 0 aliphatic heterocycles. The molecule has 0 saturated carbocycles. The highest BCUT2D eigenvalue weighted by atomic mass is 19.4. The molecule has 7 heteroatoms. The standard InChI is InChI=1S/C18H16F3N3O/c19-18(20,21)14-6-4-13(5-7-14)11-17(25)22-9-8-15-12-24-10-2-1-3-16(24)23-15/h1-7,10,12H,8-9,11H2,(H,22,25). The molecule has 130 valence electrons. The molecule has 2 heterocycles. The summed E-state index contributed by atoms with van der Waals surface area (Å²) in [6.07, 6.45) is 0.0605. The molecule has 1 amide bonds. The first kappa shape index (κ1) is 17.0. The summed E-state index contributed by atoms with van der Waals surface area (Å²) in [5.74, 6) is -0.233. The molecule has 0 radical (unpaired) electrons. The lowest BCUT2D eigenvalue weighted by Crippen LogP contribution is -2.27. The van der Waals surface area contributed by atoms with Crippen LogP contribution in [0.2, 0.25) is 0 Å². The quantitative estimate of drug-likeness (QED) is 0.770. The normalized spacial score (nSPS) is 11.6. The average molecular weight is 347 g/mol. The number of benzene rings is 1. The number of rotatable bonds is 5. The Hall–Kier alpha value is -2.83. The summed E-state index contributed by atoms with van der Waals surface area (Å²) in [5, 5.41) is 2.76. The highest BCUT2D eigenvalue weighted by Gasteiger charge is 2.29. The minimum Gasteiger partial charge on any atom is -0.355 e. The van der Waals surface area contributed by atoms with Crippen molar-refractivity contribution in [2.45, 2.75) is 19.0 Å². The number of amides is 1. The number of pyridine rings is 1. The Morgan fingerprint density at radius 2 is 1.88 bits per heavy atom. The summed E-state index contributed by atoms with van der Waals surface area (Å²) in [6.45, 7) is 0.420. The van der Waals surface area contributed by atoms with Gasteiger partial charge in [-0.05, 0) is 29.8 Å². The average Bonchev–Trinajstić information content (AvgIpc) is 2.97. The van der Waals surface area contributed by atoms with Crippen LogP contribution in [0, 0.1) is 0 Å². The van der Waals surface area contributed by atoms with Gasteiger partial charge in [0.05, 0.1) is 17.7 Å². The highest BCUT2D eigenvalue weighted by molar-refractivity contribution is 5.78. The summed E-state index contributed by atoms with van der Waals surface area (Å²) < 4.78 is 39.4. The van der Waals surface area contributed by atoms with Crippen LogP contribution in [-0.4, -0.2) is 21.8 Å². The Kier molecular flexibility index (Phi) is 4.74. The van der Waals surface area contributed by atoms with Crippen molar-refractivity contribution in [3.05, 3.63) is 71.7 Å². The third kappa shape index (κ3) is 4.37. The Morgan fingerprint density at radius 3 is 2.56 bits per heavy atom. The maximum absolute atomic E-state index is 12.5. The molecular formula is C18H16F3N3O. The van der Waals surface area contributed by atoms with E-state index in [2.05, 4.69) is 10.3 Å². The number of alkyl halides is 3. The van der Waals surface area contributed by atoms with Gasteiger partial charge in [0.25, 0.3) is 0 Å². The van der Waals surface area contributed by atoms with Gasteiger partial charge in [-0.3, -0.25) is 4.79 Å². The SMILES string of the molecule is O=C(Cc1ccc(C(F)(F)F)cc1)NCCc1cn2ccccc2n1. The van der Waals surface area contributed by atoms with Gasteiger partial charge in [0, 0.05) is 25.4 Å². The number of nitrogens with zero attached hydrogens (tertiary/aromatic N) is 2. The maximum atomic E-state index is 12.5. The summed E-state index contributed by atoms with van der Waals surface area (Å²) in [7, 11) is 0. The van der Waals surface area contributed by atoms with E-state index in [1.54, 1.807) is 0 Å². The first-order valence-corrected chi connectivity index (χ1v) is 7.77. The maximum Gasteiger partial charge on any atom is 0.416 e. The number of carbonyl (C=O) groups excluding carboxylic acids is 1. The second-order valence-corrected chi connectivity index (χ2v) is 5.67. The fourth-order valence-corrected chi connectivity index (χ4v) is 2.50. The molecule has 25 heavy (non-hydrogen) atoms. The van der Waals surface area contributed by atoms with Crippen molar-refractivity contribution in [3.8, 4) is 0 Å². The first-order valence-electron chi connectivity index (χ1n) is 7.77. The van der Waals surface area contributed by atoms with E-state index >= 15 is 0 Å². The molecule has 1 aromatic carbocycles. The fraction of sp³-hybridized carbons (Fsp3) is 0.222. The number of halogens is 3. The number of aromatic nitrogens is 2. The predicted molar refractivity (Wildman–Crippen MR) is 87.1 cm³/mol. The first-order chi connectivity index (χ1) is 11.9. The van der Waals surface area contributed by atoms with Crippen LogP contribution >= 0.6 is 0 Å². The van der Waals surface area contributed by atoms with Crippen molar-refractivity contribution in [2.75, 3.05) is 6.54 Å². The zero-order valence-electron chi connectivity index (χ0n) is 13.3. The molecular weight excluding hydrogens is 331 g/mol. The molecule has 1 N–H and O–H groups in total. The number of carbonyl (C=O) groups is 1. The molecule has 0 saturated heterocycles. The Morgan fingerprint density at radius 1 is 1.12 bits per heavy atom. The van der Waals surface area contributed by atoms with Gasteiger partial charge in [0.15, 0.2) is 0 Å². The third-order valence-electron chi connectivity index (χ3n) is 3.76. The van der Waals surface area contributed by atoms with Gasteiger partial charge in [0.2, 0.25) is 5.91 Å². The second kappa shape index (κ2) is 6.96. The number of nitrogens with one attached hydrogen (secondary N) is 1. The smallest absolute Gasteiger partial charge is 0.355 e. The van der Waals surface area contributed by atoms with E-state index in [-0.39, 0.29) is 12.3 Å². The van der Waals surface area contributed by atoms with Crippen molar-refractivity contribution < 1.29 is 18.0 Å². The molecule has 0 atom stereocenters. The van der Waals surface area contributed by atoms with Crippen LogP contribution in [0.4, 0.5) is 13.2 Å². The van der Waals surface area contributed by atoms with Crippen LogP contribution in [0.25, 0.3) is 5.65 Å². The van der Waals surface area contributed by atoms with Gasteiger partial charge in [-0.15, -0.1) is 0 Å². The lowest BCUT2D eigenvalue weighted by atomic mass is 10.1. The molecule has 0 aliphatic carbocycles. The number of hydrogen-bond donors (Lipinski definition) is 1. The van der Waals surface area contributed by atoms with Crippen molar-refractivity contribution in [2.24, 2.45) is 0 Å². The van der Waals surface area contributed by atoms with Crippen molar-refractivity contribution in [3.63, 3.8) is 0 Å². The molecule has 0 unspecified atom stereocenters. The molecule has 4 nitrogen and oxygen atoms in total. The number of hydrogen-bond acceptors (Lipinski definition) is 2. The van der Waals surface area contributed by atoms with E-state index in [1.807, 2.05) is 35.0 Å². The summed E-state index contributed by atoms with van der Waals surface area (Å²) in [4.78, 5) is 16.3. The minimum atomic E-state index is -4.37. The van der Waals surface area contributed by atoms with Crippen LogP contribution < -0.4 is 5.32 Å². The van der Waals surface area contributed by atoms with E-state index in [0.717, 1.165) is 23.5 Å². The van der Waals surface area contributed by atoms with Gasteiger partial charge in [-0.1, -0.05) is 18.2 Å². The fourth-order valence-electron chi connectivity index (χ4n) is 2.50. The van der Waals surface area contributed by atoms with Gasteiger partial charge in [-0.25, -0.2) is 4.98 Å². The molecule has 2 aromatic heterocycles. The van der Waals surface area contributed by atoms with E-state index in [9.17, 15) is 18.0 Å². The van der Waals surface area contributed by atoms with E-state index in [1.165, 1.54) is 12.1 Å². The largest absolute Gasteiger partial charge is 0.416 e. The highest BCUT2D eigenvalue weighted by Crippen LogP contribution is 2.29. The minimum absolute atomic E-state index is 0.0449. The van der Waals surface area contributed by atoms with Crippen LogP contribution in [0.5, 0.6) is 0 Å². The lowest BCUT2D eigenvalue weighted by Gasteiger charge is -2.08. The lowest BCUT2D eigenvalue weighted by molar-refractivity contribution is -0.137. The van der Waals surface area contributed by atoms with E-state index in [0.29, 0.717) is 18.5 Å². The van der Waals surface area contributed by atoms with E-state index < -0.39 is 11.7 Å². The van der Waals surface area contributed by atoms with Gasteiger partial charge in [0.1, 0.15) is 5.65 Å². The van der Waals surface area contributed by atoms with Gasteiger partial charge in [-0.2, -0.15) is 13.2 Å². The second-order valence-electron chi connectivity index (χ2n) is 5.67. The van der Waals surface area contributed by atoms with Gasteiger partial charge >= 0.3 is 6.18 Å². The van der Waals surface area contributed by atoms with Gasteiger partial charge < -0.3 is 9.72 Å². The number of fused-ring (bicyclic) bond motifs is 1. The van der Waals surface area contributed by atoms with Crippen LogP contribution in [-0.2, 0) is 23.8 Å².